The zero-order valence-electron chi connectivity index (χ0n) is 31.7. The lowest BCUT2D eigenvalue weighted by atomic mass is 9.95. The van der Waals surface area contributed by atoms with Crippen LogP contribution < -0.4 is 19.1 Å². The molecule has 5 aliphatic rings. The van der Waals surface area contributed by atoms with Crippen molar-refractivity contribution in [2.24, 2.45) is 0 Å². The van der Waals surface area contributed by atoms with Gasteiger partial charge in [0.15, 0.2) is 12.6 Å². The zero-order chi connectivity index (χ0) is 39.1. The van der Waals surface area contributed by atoms with Gasteiger partial charge in [-0.1, -0.05) is 12.0 Å². The normalized spacial score (nSPS) is 25.5. The highest BCUT2D eigenvalue weighted by Gasteiger charge is 2.52. The molecule has 0 saturated carbocycles. The summed E-state index contributed by atoms with van der Waals surface area (Å²) in [6.07, 6.45) is 7.89. The number of hydrogen-bond donors (Lipinski definition) is 0. The molecule has 1 amide bonds. The minimum Gasteiger partial charge on any atom is -0.475 e. The predicted octanol–water partition coefficient (Wildman–Crippen LogP) is 6.39. The molecular formula is C41H43F3N6O6. The summed E-state index contributed by atoms with van der Waals surface area (Å²) in [7, 11) is 1.47. The zero-order valence-corrected chi connectivity index (χ0v) is 31.7. The van der Waals surface area contributed by atoms with E-state index in [-0.39, 0.29) is 77.1 Å². The number of ether oxygens (including phenoxy) is 5. The SMILES string of the molecule is C#Cc1c(F)ccc2cc(OCOC)cc(-c3nc4c5c(nc(OC[C@@]67CCCN6C[C@H](F)C7)nc5c3F)N3C[C@@H]5CC[C@H]([C@H]3CO4)N5C(=O)OC(C)(C)C)c12. The summed E-state index contributed by atoms with van der Waals surface area (Å²) >= 11 is 0. The summed E-state index contributed by atoms with van der Waals surface area (Å²) in [6.45, 7) is 7.07. The average Bonchev–Trinajstić information content (AvgIpc) is 3.76. The van der Waals surface area contributed by atoms with Crippen molar-refractivity contribution < 1.29 is 41.7 Å². The summed E-state index contributed by atoms with van der Waals surface area (Å²) in [5.41, 5.74) is -1.46. The number of rotatable bonds is 7. The highest BCUT2D eigenvalue weighted by atomic mass is 19.1. The highest BCUT2D eigenvalue weighted by Crippen LogP contribution is 2.47. The molecule has 15 heteroatoms. The van der Waals surface area contributed by atoms with Gasteiger partial charge in [0.2, 0.25) is 5.88 Å². The highest BCUT2D eigenvalue weighted by molar-refractivity contribution is 6.04. The van der Waals surface area contributed by atoms with Crippen LogP contribution in [0.5, 0.6) is 17.6 Å². The number of amides is 1. The second-order valence-electron chi connectivity index (χ2n) is 16.4. The Labute approximate surface area is 322 Å². The lowest BCUT2D eigenvalue weighted by molar-refractivity contribution is 0.00537. The van der Waals surface area contributed by atoms with Gasteiger partial charge in [-0.15, -0.1) is 6.42 Å². The first-order chi connectivity index (χ1) is 26.9. The van der Waals surface area contributed by atoms with E-state index in [1.54, 1.807) is 11.0 Å². The molecule has 294 valence electrons. The number of benzene rings is 2. The number of methoxy groups -OCH3 is 1. The maximum atomic E-state index is 17.5. The standard InChI is InChI=1S/C41H43F3N6O6/c1-6-26-28(43)10-8-22-14-25(55-21-52-5)15-27(31(22)26)34-33(44)35-32-36(47-38(46-35)54-20-41-12-7-13-48(41)17-23(42)16-41)49-18-24-9-11-29(30(49)19-53-37(32)45-34)50(24)39(51)56-40(2,3)4/h1,8,10,14-15,23-24,29-30H,7,9,11-13,16-21H2,2-5H3/t23-,24+,29-,30-,41+/m1/s1. The molecule has 0 N–H and O–H groups in total. The van der Waals surface area contributed by atoms with Crippen LogP contribution in [-0.2, 0) is 9.47 Å². The van der Waals surface area contributed by atoms with Gasteiger partial charge in [0.25, 0.3) is 0 Å². The molecule has 4 aromatic rings. The third-order valence-corrected chi connectivity index (χ3v) is 11.8. The number of nitrogens with zero attached hydrogens (tertiary/aromatic N) is 6. The molecule has 2 aromatic heterocycles. The van der Waals surface area contributed by atoms with E-state index in [2.05, 4.69) is 15.8 Å². The second-order valence-corrected chi connectivity index (χ2v) is 16.4. The number of fused-ring (bicyclic) bond motifs is 7. The average molecular weight is 773 g/mol. The number of piperazine rings is 1. The van der Waals surface area contributed by atoms with Crippen molar-refractivity contribution >= 4 is 33.6 Å². The van der Waals surface area contributed by atoms with Gasteiger partial charge in [-0.2, -0.15) is 9.97 Å². The first kappa shape index (κ1) is 36.6. The number of anilines is 1. The summed E-state index contributed by atoms with van der Waals surface area (Å²) in [5, 5.41) is 0.970. The molecule has 5 atom stereocenters. The van der Waals surface area contributed by atoms with E-state index in [9.17, 15) is 9.18 Å². The maximum Gasteiger partial charge on any atom is 0.410 e. The van der Waals surface area contributed by atoms with Crippen molar-refractivity contribution in [3.8, 4) is 41.2 Å². The van der Waals surface area contributed by atoms with Crippen LogP contribution in [-0.4, -0.2) is 113 Å². The van der Waals surface area contributed by atoms with E-state index in [1.165, 1.54) is 25.3 Å². The smallest absolute Gasteiger partial charge is 0.410 e. The Morgan fingerprint density at radius 2 is 1.93 bits per heavy atom. The minimum atomic E-state index is -0.972. The van der Waals surface area contributed by atoms with Gasteiger partial charge in [0, 0.05) is 37.6 Å². The van der Waals surface area contributed by atoms with Gasteiger partial charge in [-0.25, -0.2) is 22.9 Å². The molecular weight excluding hydrogens is 729 g/mol. The van der Waals surface area contributed by atoms with Crippen molar-refractivity contribution in [2.45, 2.75) is 88.3 Å². The molecule has 2 bridgehead atoms. The largest absolute Gasteiger partial charge is 0.475 e. The number of hydrogen-bond acceptors (Lipinski definition) is 11. The van der Waals surface area contributed by atoms with E-state index < -0.39 is 41.1 Å². The summed E-state index contributed by atoms with van der Waals surface area (Å²) in [6, 6.07) is 4.97. The molecule has 4 saturated heterocycles. The first-order valence-corrected chi connectivity index (χ1v) is 19.1. The number of aromatic nitrogens is 3. The van der Waals surface area contributed by atoms with Crippen LogP contribution in [0, 0.1) is 24.0 Å². The van der Waals surface area contributed by atoms with Crippen LogP contribution in [0.15, 0.2) is 24.3 Å². The lowest BCUT2D eigenvalue weighted by Crippen LogP contribution is -2.63. The molecule has 0 unspecified atom stereocenters. The monoisotopic (exact) mass is 772 g/mol. The molecule has 0 spiro atoms. The number of alkyl halides is 1. The Morgan fingerprint density at radius 1 is 1.09 bits per heavy atom. The molecule has 2 aromatic carbocycles. The topological polar surface area (TPSA) is 112 Å². The van der Waals surface area contributed by atoms with Gasteiger partial charge in [-0.3, -0.25) is 9.80 Å². The Morgan fingerprint density at radius 3 is 2.71 bits per heavy atom. The lowest BCUT2D eigenvalue weighted by Gasteiger charge is -2.46. The van der Waals surface area contributed by atoms with Gasteiger partial charge in [-0.05, 0) is 76.6 Å². The molecule has 0 aliphatic carbocycles. The number of carbonyl (C=O) groups excluding carboxylic acids is 1. The van der Waals surface area contributed by atoms with E-state index in [1.807, 2.05) is 25.7 Å². The van der Waals surface area contributed by atoms with Crippen molar-refractivity contribution in [3.05, 3.63) is 41.5 Å². The van der Waals surface area contributed by atoms with Gasteiger partial charge in [0.1, 0.15) is 59.0 Å². The second kappa shape index (κ2) is 13.5. The Balaban J connectivity index is 1.21. The Hall–Kier alpha value is -5.07. The van der Waals surface area contributed by atoms with E-state index in [0.29, 0.717) is 42.9 Å². The fourth-order valence-corrected chi connectivity index (χ4v) is 9.50. The van der Waals surface area contributed by atoms with Crippen LogP contribution in [0.4, 0.5) is 23.8 Å². The Kier molecular flexibility index (Phi) is 8.85. The van der Waals surface area contributed by atoms with Gasteiger partial charge >= 0.3 is 12.1 Å². The number of halogens is 3. The third kappa shape index (κ3) is 6.00. The van der Waals surface area contributed by atoms with Crippen molar-refractivity contribution in [2.75, 3.05) is 51.7 Å². The predicted molar refractivity (Wildman–Crippen MR) is 201 cm³/mol. The summed E-state index contributed by atoms with van der Waals surface area (Å²) in [4.78, 5) is 33.9. The van der Waals surface area contributed by atoms with Crippen molar-refractivity contribution in [3.63, 3.8) is 0 Å². The molecule has 7 heterocycles. The molecule has 5 aliphatic heterocycles. The quantitative estimate of drug-likeness (QED) is 0.154. The van der Waals surface area contributed by atoms with Crippen LogP contribution in [0.25, 0.3) is 32.9 Å². The van der Waals surface area contributed by atoms with E-state index in [0.717, 1.165) is 25.8 Å². The minimum absolute atomic E-state index is 0.0543. The molecule has 9 rings (SSSR count). The van der Waals surface area contributed by atoms with Gasteiger partial charge in [0.05, 0.1) is 29.2 Å². The Bertz CT molecular complexity index is 2300. The van der Waals surface area contributed by atoms with Crippen LogP contribution in [0.2, 0.25) is 0 Å². The van der Waals surface area contributed by atoms with Crippen molar-refractivity contribution in [1.29, 1.82) is 0 Å². The molecule has 0 radical (unpaired) electrons. The number of carbonyl (C=O) groups is 1. The third-order valence-electron chi connectivity index (χ3n) is 11.8. The summed E-state index contributed by atoms with van der Waals surface area (Å²) in [5.74, 6) is 1.65. The fraction of sp³-hybridized carbons (Fsp3) is 0.512. The van der Waals surface area contributed by atoms with Crippen LogP contribution in [0.3, 0.4) is 0 Å². The van der Waals surface area contributed by atoms with Gasteiger partial charge < -0.3 is 28.6 Å². The van der Waals surface area contributed by atoms with Crippen LogP contribution >= 0.6 is 0 Å². The van der Waals surface area contributed by atoms with E-state index >= 15 is 8.78 Å². The fourth-order valence-electron chi connectivity index (χ4n) is 9.50. The molecule has 12 nitrogen and oxygen atoms in total. The molecule has 4 fully saturated rings. The van der Waals surface area contributed by atoms with E-state index in [4.69, 9.17) is 40.1 Å². The summed E-state index contributed by atoms with van der Waals surface area (Å²) < 4.78 is 77.2. The first-order valence-electron chi connectivity index (χ1n) is 19.1. The number of pyridine rings is 1. The number of terminal acetylenes is 1. The van der Waals surface area contributed by atoms with Crippen LogP contribution in [0.1, 0.15) is 58.4 Å². The maximum absolute atomic E-state index is 17.5. The van der Waals surface area contributed by atoms with Crippen molar-refractivity contribution in [1.82, 2.24) is 24.8 Å². The molecule has 56 heavy (non-hydrogen) atoms.